The van der Waals surface area contributed by atoms with E-state index in [9.17, 15) is 4.39 Å². The Labute approximate surface area is 127 Å². The van der Waals surface area contributed by atoms with Gasteiger partial charge in [0.25, 0.3) is 0 Å². The van der Waals surface area contributed by atoms with Crippen LogP contribution in [0.4, 0.5) is 10.1 Å². The normalized spacial score (nSPS) is 25.9. The van der Waals surface area contributed by atoms with E-state index in [0.29, 0.717) is 6.54 Å². The van der Waals surface area contributed by atoms with Crippen LogP contribution in [0.5, 0.6) is 5.75 Å². The fraction of sp³-hybridized carbons (Fsp3) is 0.647. The molecule has 0 radical (unpaired) electrons. The minimum atomic E-state index is -0.339. The van der Waals surface area contributed by atoms with E-state index in [1.165, 1.54) is 26.0 Å². The maximum atomic E-state index is 13.5. The summed E-state index contributed by atoms with van der Waals surface area (Å²) in [7, 11) is 1.48. The molecule has 0 unspecified atom stereocenters. The van der Waals surface area contributed by atoms with Gasteiger partial charge in [-0.05, 0) is 49.7 Å². The highest BCUT2D eigenvalue weighted by molar-refractivity contribution is 5.51. The van der Waals surface area contributed by atoms with Crippen molar-refractivity contribution in [3.63, 3.8) is 0 Å². The van der Waals surface area contributed by atoms with Crippen LogP contribution in [-0.4, -0.2) is 19.2 Å². The first-order valence-corrected chi connectivity index (χ1v) is 7.81. The van der Waals surface area contributed by atoms with Gasteiger partial charge in [-0.15, -0.1) is 0 Å². The van der Waals surface area contributed by atoms with E-state index in [1.54, 1.807) is 12.1 Å². The van der Waals surface area contributed by atoms with Crippen molar-refractivity contribution in [1.29, 1.82) is 0 Å². The molecular weight excluding hydrogens is 267 g/mol. The molecule has 3 nitrogen and oxygen atoms in total. The van der Waals surface area contributed by atoms with Crippen LogP contribution in [0, 0.1) is 17.7 Å². The van der Waals surface area contributed by atoms with Crippen LogP contribution in [0.1, 0.15) is 39.5 Å². The molecule has 0 aliphatic heterocycles. The third kappa shape index (κ3) is 3.67. The number of hydrogen-bond acceptors (Lipinski definition) is 3. The molecular formula is C17H27FN2O. The predicted octanol–water partition coefficient (Wildman–Crippen LogP) is 3.79. The van der Waals surface area contributed by atoms with Crippen LogP contribution >= 0.6 is 0 Å². The first-order valence-electron chi connectivity index (χ1n) is 7.81. The number of rotatable bonds is 5. The molecule has 1 aromatic carbocycles. The molecule has 0 bridgehead atoms. The zero-order chi connectivity index (χ0) is 15.5. The van der Waals surface area contributed by atoms with Crippen molar-refractivity contribution in [3.8, 4) is 5.75 Å². The third-order valence-electron chi connectivity index (χ3n) is 4.88. The van der Waals surface area contributed by atoms with Gasteiger partial charge in [-0.25, -0.2) is 4.39 Å². The Morgan fingerprint density at radius 1 is 1.38 bits per heavy atom. The van der Waals surface area contributed by atoms with Crippen LogP contribution < -0.4 is 15.8 Å². The Bertz CT molecular complexity index is 468. The monoisotopic (exact) mass is 294 g/mol. The lowest BCUT2D eigenvalue weighted by molar-refractivity contribution is 0.213. The summed E-state index contributed by atoms with van der Waals surface area (Å²) in [4.78, 5) is 0. The van der Waals surface area contributed by atoms with E-state index < -0.39 is 0 Å². The van der Waals surface area contributed by atoms with Crippen LogP contribution in [0.15, 0.2) is 18.2 Å². The molecule has 3 N–H and O–H groups in total. The number of hydrogen-bond donors (Lipinski definition) is 2. The number of ether oxygens (including phenoxy) is 1. The molecule has 21 heavy (non-hydrogen) atoms. The highest BCUT2D eigenvalue weighted by Crippen LogP contribution is 2.37. The van der Waals surface area contributed by atoms with Gasteiger partial charge in [0.05, 0.1) is 7.11 Å². The minimum Gasteiger partial charge on any atom is -0.494 e. The largest absolute Gasteiger partial charge is 0.494 e. The second-order valence-corrected chi connectivity index (χ2v) is 6.54. The SMILES string of the molecule is COc1cc(NC2(CN)CCC(C(C)C)CC2)ccc1F. The van der Waals surface area contributed by atoms with E-state index in [4.69, 9.17) is 10.5 Å². The van der Waals surface area contributed by atoms with E-state index in [1.807, 2.05) is 0 Å². The Morgan fingerprint density at radius 3 is 2.57 bits per heavy atom. The molecule has 1 aromatic rings. The standard InChI is InChI=1S/C17H27FN2O/c1-12(2)13-6-8-17(11-19,9-7-13)20-14-4-5-15(18)16(10-14)21-3/h4-5,10,12-13,20H,6-9,11,19H2,1-3H3. The summed E-state index contributed by atoms with van der Waals surface area (Å²) < 4.78 is 18.5. The molecule has 118 valence electrons. The zero-order valence-corrected chi connectivity index (χ0v) is 13.3. The molecule has 0 saturated heterocycles. The quantitative estimate of drug-likeness (QED) is 0.868. The molecule has 0 aromatic heterocycles. The summed E-state index contributed by atoms with van der Waals surface area (Å²) in [5.41, 5.74) is 6.84. The summed E-state index contributed by atoms with van der Waals surface area (Å²) in [6, 6.07) is 4.90. The summed E-state index contributed by atoms with van der Waals surface area (Å²) in [5, 5.41) is 3.53. The molecule has 1 saturated carbocycles. The van der Waals surface area contributed by atoms with Gasteiger partial charge in [0.15, 0.2) is 11.6 Å². The molecule has 0 amide bonds. The number of nitrogens with two attached hydrogens (primary N) is 1. The van der Waals surface area contributed by atoms with Crippen molar-refractivity contribution < 1.29 is 9.13 Å². The molecule has 1 aliphatic rings. The highest BCUT2D eigenvalue weighted by atomic mass is 19.1. The van der Waals surface area contributed by atoms with Gasteiger partial charge in [0.1, 0.15) is 0 Å². The van der Waals surface area contributed by atoms with Crippen LogP contribution in [0.3, 0.4) is 0 Å². The number of methoxy groups -OCH3 is 1. The van der Waals surface area contributed by atoms with Gasteiger partial charge in [-0.1, -0.05) is 13.8 Å². The average Bonchev–Trinajstić information content (AvgIpc) is 2.49. The summed E-state index contributed by atoms with van der Waals surface area (Å²) in [6.07, 6.45) is 4.51. The van der Waals surface area contributed by atoms with Gasteiger partial charge >= 0.3 is 0 Å². The smallest absolute Gasteiger partial charge is 0.165 e. The predicted molar refractivity (Wildman–Crippen MR) is 85.2 cm³/mol. The molecule has 0 atom stereocenters. The van der Waals surface area contributed by atoms with Crippen molar-refractivity contribution in [3.05, 3.63) is 24.0 Å². The maximum absolute atomic E-state index is 13.5. The van der Waals surface area contributed by atoms with Crippen LogP contribution in [0.25, 0.3) is 0 Å². The summed E-state index contributed by atoms with van der Waals surface area (Å²) >= 11 is 0. The summed E-state index contributed by atoms with van der Waals surface area (Å²) in [5.74, 6) is 1.44. The zero-order valence-electron chi connectivity index (χ0n) is 13.3. The third-order valence-corrected chi connectivity index (χ3v) is 4.88. The van der Waals surface area contributed by atoms with Crippen molar-refractivity contribution >= 4 is 5.69 Å². The van der Waals surface area contributed by atoms with E-state index in [-0.39, 0.29) is 17.1 Å². The minimum absolute atomic E-state index is 0.0752. The molecule has 0 heterocycles. The molecule has 2 rings (SSSR count). The van der Waals surface area contributed by atoms with Gasteiger partial charge in [-0.3, -0.25) is 0 Å². The van der Waals surface area contributed by atoms with E-state index >= 15 is 0 Å². The lowest BCUT2D eigenvalue weighted by Crippen LogP contribution is -2.48. The van der Waals surface area contributed by atoms with Gasteiger partial charge in [-0.2, -0.15) is 0 Å². The summed E-state index contributed by atoms with van der Waals surface area (Å²) in [6.45, 7) is 5.17. The van der Waals surface area contributed by atoms with E-state index in [2.05, 4.69) is 19.2 Å². The fourth-order valence-electron chi connectivity index (χ4n) is 3.28. The van der Waals surface area contributed by atoms with Gasteiger partial charge in [0, 0.05) is 23.8 Å². The van der Waals surface area contributed by atoms with Crippen molar-refractivity contribution in [2.24, 2.45) is 17.6 Å². The van der Waals surface area contributed by atoms with Gasteiger partial charge in [0.2, 0.25) is 0 Å². The molecule has 1 fully saturated rings. The molecule has 1 aliphatic carbocycles. The Hall–Kier alpha value is -1.29. The fourth-order valence-corrected chi connectivity index (χ4v) is 3.28. The highest BCUT2D eigenvalue weighted by Gasteiger charge is 2.35. The Kier molecular flexibility index (Phi) is 5.09. The first kappa shape index (κ1) is 16.1. The van der Waals surface area contributed by atoms with Crippen LogP contribution in [0.2, 0.25) is 0 Å². The number of anilines is 1. The number of nitrogens with one attached hydrogen (secondary N) is 1. The Balaban J connectivity index is 2.09. The van der Waals surface area contributed by atoms with Crippen molar-refractivity contribution in [1.82, 2.24) is 0 Å². The number of halogens is 1. The molecule has 4 heteroatoms. The topological polar surface area (TPSA) is 47.3 Å². The second-order valence-electron chi connectivity index (χ2n) is 6.54. The average molecular weight is 294 g/mol. The van der Waals surface area contributed by atoms with Gasteiger partial charge < -0.3 is 15.8 Å². The van der Waals surface area contributed by atoms with Crippen LogP contribution in [-0.2, 0) is 0 Å². The van der Waals surface area contributed by atoms with Crippen molar-refractivity contribution in [2.45, 2.75) is 45.1 Å². The van der Waals surface area contributed by atoms with E-state index in [0.717, 1.165) is 30.4 Å². The lowest BCUT2D eigenvalue weighted by Gasteiger charge is -2.42. The first-order chi connectivity index (χ1) is 9.99. The maximum Gasteiger partial charge on any atom is 0.165 e. The second kappa shape index (κ2) is 6.65. The Morgan fingerprint density at radius 2 is 2.05 bits per heavy atom. The lowest BCUT2D eigenvalue weighted by atomic mass is 9.72. The molecule has 0 spiro atoms. The van der Waals surface area contributed by atoms with Crippen molar-refractivity contribution in [2.75, 3.05) is 19.0 Å². The number of benzene rings is 1.